The Morgan fingerprint density at radius 3 is 2.72 bits per heavy atom. The van der Waals surface area contributed by atoms with Crippen LogP contribution in [-0.2, 0) is 11.2 Å². The molecule has 6 heteroatoms. The number of hydrogen-bond acceptors (Lipinski definition) is 4. The second kappa shape index (κ2) is 10.4. The Labute approximate surface area is 157 Å². The van der Waals surface area contributed by atoms with E-state index in [9.17, 15) is 4.79 Å². The van der Waals surface area contributed by atoms with Gasteiger partial charge in [0.25, 0.3) is 0 Å². The van der Waals surface area contributed by atoms with E-state index in [0.29, 0.717) is 24.6 Å². The van der Waals surface area contributed by atoms with Gasteiger partial charge < -0.3 is 4.90 Å². The van der Waals surface area contributed by atoms with Gasteiger partial charge in [-0.25, -0.2) is 0 Å². The van der Waals surface area contributed by atoms with Crippen LogP contribution in [0, 0.1) is 11.3 Å². The first kappa shape index (κ1) is 18.8. The van der Waals surface area contributed by atoms with Gasteiger partial charge in [-0.15, -0.1) is 11.3 Å². The van der Waals surface area contributed by atoms with Crippen molar-refractivity contribution in [3.63, 3.8) is 0 Å². The van der Waals surface area contributed by atoms with E-state index in [-0.39, 0.29) is 5.91 Å². The van der Waals surface area contributed by atoms with E-state index >= 15 is 0 Å². The normalized spacial score (nSPS) is 10.4. The van der Waals surface area contributed by atoms with Crippen molar-refractivity contribution in [3.05, 3.63) is 64.4 Å². The quantitative estimate of drug-likeness (QED) is 0.598. The number of thiophene rings is 1. The van der Waals surface area contributed by atoms with Crippen molar-refractivity contribution in [1.82, 2.24) is 10.2 Å². The third-order valence-corrected chi connectivity index (χ3v) is 4.66. The largest absolute Gasteiger partial charge is 0.348 e. The zero-order chi connectivity index (χ0) is 17.9. The topological polar surface area (TPSA) is 56.1 Å². The maximum Gasteiger partial charge on any atom is 0.250 e. The Bertz CT molecular complexity index is 749. The third-order valence-electron chi connectivity index (χ3n) is 3.47. The summed E-state index contributed by atoms with van der Waals surface area (Å²) in [5.74, 6) is -0.264. The number of carbonyl (C=O) groups is 1. The molecule has 0 aliphatic rings. The van der Waals surface area contributed by atoms with Crippen LogP contribution >= 0.6 is 23.6 Å². The van der Waals surface area contributed by atoms with Crippen LogP contribution in [0.2, 0.25) is 0 Å². The molecule has 0 bridgehead atoms. The van der Waals surface area contributed by atoms with Gasteiger partial charge in [0, 0.05) is 24.0 Å². The van der Waals surface area contributed by atoms with Gasteiger partial charge in [0.05, 0.1) is 12.5 Å². The summed E-state index contributed by atoms with van der Waals surface area (Å²) in [5, 5.41) is 13.9. The molecule has 0 saturated heterocycles. The highest BCUT2D eigenvalue weighted by Crippen LogP contribution is 2.10. The van der Waals surface area contributed by atoms with Crippen LogP contribution in [0.5, 0.6) is 0 Å². The van der Waals surface area contributed by atoms with E-state index in [4.69, 9.17) is 17.5 Å². The average molecular weight is 370 g/mol. The first-order valence-corrected chi connectivity index (χ1v) is 9.20. The van der Waals surface area contributed by atoms with Crippen molar-refractivity contribution in [2.45, 2.75) is 12.8 Å². The SMILES string of the molecule is N#CCCN(CCc1ccccc1)C(=S)NC(=O)/C=C/c1cccs1. The molecule has 1 heterocycles. The molecule has 0 fully saturated rings. The third kappa shape index (κ3) is 6.87. The lowest BCUT2D eigenvalue weighted by molar-refractivity contribution is -0.115. The molecule has 1 amide bonds. The van der Waals surface area contributed by atoms with Gasteiger partial charge in [0.2, 0.25) is 5.91 Å². The summed E-state index contributed by atoms with van der Waals surface area (Å²) >= 11 is 6.91. The second-order valence-electron chi connectivity index (χ2n) is 5.27. The van der Waals surface area contributed by atoms with Gasteiger partial charge in [-0.05, 0) is 41.7 Å². The van der Waals surface area contributed by atoms with Gasteiger partial charge in [-0.1, -0.05) is 36.4 Å². The molecule has 1 aromatic heterocycles. The summed E-state index contributed by atoms with van der Waals surface area (Å²) in [5.41, 5.74) is 1.19. The predicted octanol–water partition coefficient (Wildman–Crippen LogP) is 3.62. The highest BCUT2D eigenvalue weighted by Gasteiger charge is 2.11. The van der Waals surface area contributed by atoms with E-state index in [1.807, 2.05) is 52.7 Å². The van der Waals surface area contributed by atoms with Crippen LogP contribution in [0.3, 0.4) is 0 Å². The van der Waals surface area contributed by atoms with E-state index < -0.39 is 0 Å². The van der Waals surface area contributed by atoms with Crippen molar-refractivity contribution >= 4 is 40.7 Å². The lowest BCUT2D eigenvalue weighted by Crippen LogP contribution is -2.43. The molecule has 0 spiro atoms. The minimum absolute atomic E-state index is 0.264. The fourth-order valence-electron chi connectivity index (χ4n) is 2.18. The molecule has 25 heavy (non-hydrogen) atoms. The molecule has 1 N–H and O–H groups in total. The molecule has 0 aliphatic heterocycles. The van der Waals surface area contributed by atoms with Crippen LogP contribution in [-0.4, -0.2) is 29.0 Å². The van der Waals surface area contributed by atoms with Crippen LogP contribution in [0.15, 0.2) is 53.9 Å². The Kier molecular flexibility index (Phi) is 7.83. The van der Waals surface area contributed by atoms with E-state index in [1.165, 1.54) is 11.6 Å². The Balaban J connectivity index is 1.90. The van der Waals surface area contributed by atoms with Gasteiger partial charge in [-0.2, -0.15) is 5.26 Å². The molecule has 0 radical (unpaired) electrons. The Hall–Kier alpha value is -2.49. The number of benzene rings is 1. The molecule has 2 aromatic rings. The zero-order valence-corrected chi connectivity index (χ0v) is 15.4. The predicted molar refractivity (Wildman–Crippen MR) is 106 cm³/mol. The van der Waals surface area contributed by atoms with Gasteiger partial charge >= 0.3 is 0 Å². The summed E-state index contributed by atoms with van der Waals surface area (Å²) in [6.45, 7) is 1.15. The smallest absolute Gasteiger partial charge is 0.250 e. The minimum Gasteiger partial charge on any atom is -0.348 e. The summed E-state index contributed by atoms with van der Waals surface area (Å²) in [6, 6.07) is 16.0. The number of rotatable bonds is 7. The molecule has 1 aromatic carbocycles. The van der Waals surface area contributed by atoms with Gasteiger partial charge in [0.1, 0.15) is 0 Å². The molecule has 128 valence electrons. The molecule has 0 atom stereocenters. The lowest BCUT2D eigenvalue weighted by atomic mass is 10.1. The van der Waals surface area contributed by atoms with Crippen LogP contribution in [0.4, 0.5) is 0 Å². The number of amides is 1. The highest BCUT2D eigenvalue weighted by atomic mass is 32.1. The minimum atomic E-state index is -0.264. The number of nitrogens with one attached hydrogen (secondary N) is 1. The molecule has 0 aliphatic carbocycles. The van der Waals surface area contributed by atoms with E-state index in [0.717, 1.165) is 11.3 Å². The molecular weight excluding hydrogens is 350 g/mol. The summed E-state index contributed by atoms with van der Waals surface area (Å²) < 4.78 is 0. The van der Waals surface area contributed by atoms with E-state index in [2.05, 4.69) is 11.4 Å². The monoisotopic (exact) mass is 369 g/mol. The molecule has 0 saturated carbocycles. The molecular formula is C19H19N3OS2. The number of carbonyl (C=O) groups excluding carboxylic acids is 1. The Morgan fingerprint density at radius 1 is 1.24 bits per heavy atom. The van der Waals surface area contributed by atoms with Gasteiger partial charge in [0.15, 0.2) is 5.11 Å². The maximum absolute atomic E-state index is 12.0. The first-order chi connectivity index (χ1) is 12.2. The maximum atomic E-state index is 12.0. The lowest BCUT2D eigenvalue weighted by Gasteiger charge is -2.24. The summed E-state index contributed by atoms with van der Waals surface area (Å²) in [7, 11) is 0. The first-order valence-electron chi connectivity index (χ1n) is 7.91. The number of thiocarbonyl (C=S) groups is 1. The molecule has 2 rings (SSSR count). The van der Waals surface area contributed by atoms with Crippen molar-refractivity contribution in [2.24, 2.45) is 0 Å². The van der Waals surface area contributed by atoms with Crippen LogP contribution in [0.25, 0.3) is 6.08 Å². The van der Waals surface area contributed by atoms with Crippen molar-refractivity contribution in [2.75, 3.05) is 13.1 Å². The highest BCUT2D eigenvalue weighted by molar-refractivity contribution is 7.80. The molecule has 4 nitrogen and oxygen atoms in total. The van der Waals surface area contributed by atoms with Crippen LogP contribution < -0.4 is 5.32 Å². The Morgan fingerprint density at radius 2 is 2.04 bits per heavy atom. The fraction of sp³-hybridized carbons (Fsp3) is 0.211. The van der Waals surface area contributed by atoms with Crippen molar-refractivity contribution in [3.8, 4) is 6.07 Å². The van der Waals surface area contributed by atoms with Gasteiger partial charge in [-0.3, -0.25) is 10.1 Å². The van der Waals surface area contributed by atoms with Crippen molar-refractivity contribution < 1.29 is 4.79 Å². The standard InChI is InChI=1S/C19H19N3OS2/c20-12-5-13-22(14-11-16-6-2-1-3-7-16)19(24)21-18(23)10-9-17-8-4-15-25-17/h1-4,6-10,15H,5,11,13-14H2,(H,21,23,24)/b10-9+. The zero-order valence-electron chi connectivity index (χ0n) is 13.7. The average Bonchev–Trinajstić information content (AvgIpc) is 3.14. The number of hydrogen-bond donors (Lipinski definition) is 1. The molecule has 0 unspecified atom stereocenters. The summed E-state index contributed by atoms with van der Waals surface area (Å²) in [6.07, 6.45) is 4.38. The van der Waals surface area contributed by atoms with Crippen molar-refractivity contribution in [1.29, 1.82) is 5.26 Å². The summed E-state index contributed by atoms with van der Waals surface area (Å²) in [4.78, 5) is 14.9. The van der Waals surface area contributed by atoms with Crippen LogP contribution in [0.1, 0.15) is 16.9 Å². The second-order valence-corrected chi connectivity index (χ2v) is 6.64. The van der Waals surface area contributed by atoms with E-state index in [1.54, 1.807) is 17.4 Å². The fourth-order valence-corrected chi connectivity index (χ4v) is 3.08. The number of nitriles is 1. The number of nitrogens with zero attached hydrogens (tertiary/aromatic N) is 2.